The van der Waals surface area contributed by atoms with Crippen molar-refractivity contribution in [3.05, 3.63) is 83.2 Å². The van der Waals surface area contributed by atoms with Gasteiger partial charge < -0.3 is 14.4 Å². The number of ether oxygens (including phenoxy) is 1. The molecule has 4 rings (SSSR count). The maximum absolute atomic E-state index is 14.2. The van der Waals surface area contributed by atoms with Crippen molar-refractivity contribution in [2.45, 2.75) is 20.1 Å². The predicted molar refractivity (Wildman–Crippen MR) is 130 cm³/mol. The summed E-state index contributed by atoms with van der Waals surface area (Å²) in [5.74, 6) is -0.347. The molecule has 7 nitrogen and oxygen atoms in total. The van der Waals surface area contributed by atoms with Gasteiger partial charge in [-0.1, -0.05) is 41.6 Å². The van der Waals surface area contributed by atoms with Crippen LogP contribution in [0.4, 0.5) is 4.39 Å². The average molecular weight is 476 g/mol. The van der Waals surface area contributed by atoms with Gasteiger partial charge in [0, 0.05) is 24.8 Å². The predicted octanol–water partition coefficient (Wildman–Crippen LogP) is 5.18. The van der Waals surface area contributed by atoms with E-state index in [1.807, 2.05) is 48.5 Å². The zero-order chi connectivity index (χ0) is 24.9. The highest BCUT2D eigenvalue weighted by molar-refractivity contribution is 5.74. The van der Waals surface area contributed by atoms with Gasteiger partial charge >= 0.3 is 5.97 Å². The highest BCUT2D eigenvalue weighted by Gasteiger charge is 2.16. The second kappa shape index (κ2) is 10.6. The molecule has 35 heavy (non-hydrogen) atoms. The summed E-state index contributed by atoms with van der Waals surface area (Å²) in [7, 11) is 3.36. The van der Waals surface area contributed by atoms with Crippen LogP contribution in [0.1, 0.15) is 16.7 Å². The van der Waals surface area contributed by atoms with Crippen LogP contribution in [0, 0.1) is 12.7 Å². The summed E-state index contributed by atoms with van der Waals surface area (Å²) in [5, 5.41) is 13.1. The Bertz CT molecular complexity index is 1350. The molecular weight excluding hydrogens is 449 g/mol. The van der Waals surface area contributed by atoms with Gasteiger partial charge in [-0.15, -0.1) is 0 Å². The van der Waals surface area contributed by atoms with Gasteiger partial charge in [-0.2, -0.15) is 4.98 Å². The molecule has 0 bridgehead atoms. The number of carbonyl (C=O) groups is 1. The molecular formula is C27H26FN3O4. The van der Waals surface area contributed by atoms with E-state index in [0.717, 1.165) is 33.4 Å². The summed E-state index contributed by atoms with van der Waals surface area (Å²) >= 11 is 0. The fourth-order valence-electron chi connectivity index (χ4n) is 4.03. The Morgan fingerprint density at radius 2 is 1.89 bits per heavy atom. The topological polar surface area (TPSA) is 88.7 Å². The van der Waals surface area contributed by atoms with Crippen molar-refractivity contribution in [3.8, 4) is 34.0 Å². The third-order valence-electron chi connectivity index (χ3n) is 5.68. The normalized spacial score (nSPS) is 11.2. The SMILES string of the molecule is COCc1cc(-c2nc(-c3cccc(CN(C)CC(=O)O)c3)no2)ccc1-c1cccc(F)c1C. The smallest absolute Gasteiger partial charge is 0.317 e. The van der Waals surface area contributed by atoms with Crippen LogP contribution in [0.15, 0.2) is 65.2 Å². The lowest BCUT2D eigenvalue weighted by atomic mass is 9.94. The number of aromatic nitrogens is 2. The molecule has 1 aromatic heterocycles. The minimum atomic E-state index is -0.877. The molecule has 0 saturated carbocycles. The summed E-state index contributed by atoms with van der Waals surface area (Å²) in [6.07, 6.45) is 0. The van der Waals surface area contributed by atoms with Crippen LogP contribution in [0.5, 0.6) is 0 Å². The van der Waals surface area contributed by atoms with E-state index in [2.05, 4.69) is 10.1 Å². The third kappa shape index (κ3) is 5.62. The minimum Gasteiger partial charge on any atom is -0.480 e. The summed E-state index contributed by atoms with van der Waals surface area (Å²) < 4.78 is 25.1. The number of hydrogen-bond donors (Lipinski definition) is 1. The molecule has 3 aromatic carbocycles. The van der Waals surface area contributed by atoms with E-state index in [1.165, 1.54) is 6.07 Å². The lowest BCUT2D eigenvalue weighted by Gasteiger charge is -2.14. The molecule has 0 aliphatic carbocycles. The molecule has 0 aliphatic heterocycles. The van der Waals surface area contributed by atoms with Gasteiger partial charge in [-0.05, 0) is 66.1 Å². The fraction of sp³-hybridized carbons (Fsp3) is 0.222. The third-order valence-corrected chi connectivity index (χ3v) is 5.68. The van der Waals surface area contributed by atoms with Gasteiger partial charge in [-0.25, -0.2) is 4.39 Å². The zero-order valence-electron chi connectivity index (χ0n) is 19.8. The highest BCUT2D eigenvalue weighted by Crippen LogP contribution is 2.32. The summed E-state index contributed by atoms with van der Waals surface area (Å²) in [5.41, 5.74) is 5.57. The van der Waals surface area contributed by atoms with Crippen LogP contribution in [-0.4, -0.2) is 46.8 Å². The van der Waals surface area contributed by atoms with Gasteiger partial charge in [0.1, 0.15) is 5.82 Å². The largest absolute Gasteiger partial charge is 0.480 e. The monoisotopic (exact) mass is 475 g/mol. The first-order valence-electron chi connectivity index (χ1n) is 11.1. The number of hydrogen-bond acceptors (Lipinski definition) is 6. The summed E-state index contributed by atoms with van der Waals surface area (Å²) in [4.78, 5) is 17.2. The Morgan fingerprint density at radius 3 is 2.66 bits per heavy atom. The van der Waals surface area contributed by atoms with E-state index in [9.17, 15) is 9.18 Å². The van der Waals surface area contributed by atoms with Crippen LogP contribution >= 0.6 is 0 Å². The summed E-state index contributed by atoms with van der Waals surface area (Å²) in [6.45, 7) is 2.52. The Kier molecular flexibility index (Phi) is 7.33. The Hall–Kier alpha value is -3.88. The standard InChI is InChI=1S/C27H26FN3O4/c1-17-22(8-5-9-24(17)28)23-11-10-20(13-21(23)16-34-3)27-29-26(30-35-27)19-7-4-6-18(12-19)14-31(2)15-25(32)33/h4-13H,14-16H2,1-3H3,(H,32,33). The fourth-order valence-corrected chi connectivity index (χ4v) is 4.03. The van der Waals surface area contributed by atoms with Crippen LogP contribution in [0.2, 0.25) is 0 Å². The van der Waals surface area contributed by atoms with Crippen molar-refractivity contribution in [1.29, 1.82) is 0 Å². The molecule has 0 atom stereocenters. The van der Waals surface area contributed by atoms with E-state index >= 15 is 0 Å². The van der Waals surface area contributed by atoms with E-state index < -0.39 is 5.97 Å². The molecule has 0 spiro atoms. The first kappa shape index (κ1) is 24.3. The van der Waals surface area contributed by atoms with Gasteiger partial charge in [-0.3, -0.25) is 9.69 Å². The van der Waals surface area contributed by atoms with E-state index in [0.29, 0.717) is 30.4 Å². The molecule has 8 heteroatoms. The van der Waals surface area contributed by atoms with E-state index in [1.54, 1.807) is 32.0 Å². The average Bonchev–Trinajstić information content (AvgIpc) is 3.31. The maximum Gasteiger partial charge on any atom is 0.317 e. The van der Waals surface area contributed by atoms with Gasteiger partial charge in [0.2, 0.25) is 5.82 Å². The number of halogens is 1. The molecule has 0 saturated heterocycles. The number of carboxylic acids is 1. The van der Waals surface area contributed by atoms with Gasteiger partial charge in [0.25, 0.3) is 5.89 Å². The first-order chi connectivity index (χ1) is 16.9. The zero-order valence-corrected chi connectivity index (χ0v) is 19.8. The van der Waals surface area contributed by atoms with Gasteiger partial charge in [0.15, 0.2) is 0 Å². The summed E-state index contributed by atoms with van der Waals surface area (Å²) in [6, 6.07) is 18.3. The molecule has 0 amide bonds. The quantitative estimate of drug-likeness (QED) is 0.357. The Morgan fingerprint density at radius 1 is 1.09 bits per heavy atom. The maximum atomic E-state index is 14.2. The lowest BCUT2D eigenvalue weighted by molar-refractivity contribution is -0.138. The number of benzene rings is 3. The molecule has 0 unspecified atom stereocenters. The van der Waals surface area contributed by atoms with E-state index in [4.69, 9.17) is 14.4 Å². The minimum absolute atomic E-state index is 0.0501. The van der Waals surface area contributed by atoms with Crippen molar-refractivity contribution in [1.82, 2.24) is 15.0 Å². The van der Waals surface area contributed by atoms with Gasteiger partial charge in [0.05, 0.1) is 13.2 Å². The molecule has 0 aliphatic rings. The van der Waals surface area contributed by atoms with Crippen LogP contribution < -0.4 is 0 Å². The number of rotatable bonds is 9. The molecule has 4 aromatic rings. The number of carboxylic acid groups (broad SMARTS) is 1. The Balaban J connectivity index is 1.62. The molecule has 180 valence electrons. The lowest BCUT2D eigenvalue weighted by Crippen LogP contribution is -2.25. The number of aliphatic carboxylic acids is 1. The molecule has 0 fully saturated rings. The molecule has 1 heterocycles. The van der Waals surface area contributed by atoms with Crippen molar-refractivity contribution < 1.29 is 23.6 Å². The van der Waals surface area contributed by atoms with Crippen molar-refractivity contribution >= 4 is 5.97 Å². The van der Waals surface area contributed by atoms with Crippen LogP contribution in [0.25, 0.3) is 34.0 Å². The number of likely N-dealkylation sites (N-methyl/N-ethyl adjacent to an activating group) is 1. The van der Waals surface area contributed by atoms with Crippen molar-refractivity contribution in [3.63, 3.8) is 0 Å². The number of methoxy groups -OCH3 is 1. The van der Waals surface area contributed by atoms with E-state index in [-0.39, 0.29) is 12.4 Å². The molecule has 1 N–H and O–H groups in total. The second-order valence-corrected chi connectivity index (χ2v) is 8.41. The number of nitrogens with zero attached hydrogens (tertiary/aromatic N) is 3. The first-order valence-corrected chi connectivity index (χ1v) is 11.1. The molecule has 0 radical (unpaired) electrons. The van der Waals surface area contributed by atoms with Crippen LogP contribution in [-0.2, 0) is 22.7 Å². The Labute approximate surface area is 202 Å². The van der Waals surface area contributed by atoms with Crippen molar-refractivity contribution in [2.75, 3.05) is 20.7 Å². The van der Waals surface area contributed by atoms with Crippen molar-refractivity contribution in [2.24, 2.45) is 0 Å². The second-order valence-electron chi connectivity index (χ2n) is 8.41. The highest BCUT2D eigenvalue weighted by atomic mass is 19.1. The van der Waals surface area contributed by atoms with Crippen LogP contribution in [0.3, 0.4) is 0 Å².